The van der Waals surface area contributed by atoms with E-state index in [0.29, 0.717) is 12.8 Å². The largest absolute Gasteiger partial charge is 0.472 e. The highest BCUT2D eigenvalue weighted by Gasteiger charge is 2.27. The van der Waals surface area contributed by atoms with E-state index in [1.807, 2.05) is 12.2 Å². The van der Waals surface area contributed by atoms with E-state index >= 15 is 0 Å². The zero-order valence-electron chi connectivity index (χ0n) is 32.7. The number of unbranched alkanes of at least 4 members (excludes halogenated alkanes) is 10. The molecule has 0 saturated carbocycles. The summed E-state index contributed by atoms with van der Waals surface area (Å²) in [5.41, 5.74) is 0. The van der Waals surface area contributed by atoms with Gasteiger partial charge in [0.1, 0.15) is 12.7 Å². The van der Waals surface area contributed by atoms with Gasteiger partial charge in [0.2, 0.25) is 0 Å². The lowest BCUT2D eigenvalue weighted by Gasteiger charge is -2.20. The Labute approximate surface area is 320 Å². The van der Waals surface area contributed by atoms with Crippen LogP contribution in [0.1, 0.15) is 142 Å². The lowest BCUT2D eigenvalue weighted by Crippen LogP contribution is -2.29. The van der Waals surface area contributed by atoms with Gasteiger partial charge < -0.3 is 24.6 Å². The predicted octanol–water partition coefficient (Wildman–Crippen LogP) is 10.1. The van der Waals surface area contributed by atoms with E-state index in [1.165, 1.54) is 38.5 Å². The molecular formula is C42H71O10P. The van der Waals surface area contributed by atoms with Gasteiger partial charge in [-0.2, -0.15) is 0 Å². The van der Waals surface area contributed by atoms with Gasteiger partial charge >= 0.3 is 19.8 Å². The van der Waals surface area contributed by atoms with Crippen LogP contribution < -0.4 is 0 Å². The molecule has 0 aromatic heterocycles. The number of allylic oxidation sites excluding steroid dienone is 12. The quantitative estimate of drug-likeness (QED) is 0.0243. The number of ether oxygens (including phenoxy) is 2. The predicted molar refractivity (Wildman–Crippen MR) is 214 cm³/mol. The summed E-state index contributed by atoms with van der Waals surface area (Å²) in [6.45, 7) is 2.18. The minimum absolute atomic E-state index is 0.113. The number of hydrogen-bond donors (Lipinski definition) is 3. The Morgan fingerprint density at radius 3 is 1.62 bits per heavy atom. The molecule has 304 valence electrons. The van der Waals surface area contributed by atoms with Gasteiger partial charge in [0.05, 0.1) is 19.8 Å². The molecule has 0 aromatic carbocycles. The molecule has 3 N–H and O–H groups in total. The summed E-state index contributed by atoms with van der Waals surface area (Å²) in [5, 5.41) is 18.3. The molecule has 0 aromatic rings. The Bertz CT molecular complexity index is 1110. The number of hydrogen-bond acceptors (Lipinski definition) is 9. The summed E-state index contributed by atoms with van der Waals surface area (Å²) in [7, 11) is -4.63. The zero-order valence-corrected chi connectivity index (χ0v) is 33.6. The van der Waals surface area contributed by atoms with Crippen LogP contribution in [-0.2, 0) is 32.7 Å². The molecule has 0 rings (SSSR count). The third kappa shape index (κ3) is 37.5. The summed E-state index contributed by atoms with van der Waals surface area (Å²) in [6.07, 6.45) is 41.7. The maximum atomic E-state index is 12.5. The fourth-order valence-corrected chi connectivity index (χ4v) is 5.51. The van der Waals surface area contributed by atoms with Gasteiger partial charge in [0.15, 0.2) is 6.10 Å². The van der Waals surface area contributed by atoms with E-state index in [4.69, 9.17) is 19.1 Å². The Kier molecular flexibility index (Phi) is 35.9. The number of rotatable bonds is 36. The molecule has 0 bridgehead atoms. The first-order valence-corrected chi connectivity index (χ1v) is 21.4. The molecule has 0 aliphatic carbocycles. The van der Waals surface area contributed by atoms with Crippen molar-refractivity contribution in [2.24, 2.45) is 0 Å². The van der Waals surface area contributed by atoms with Crippen LogP contribution in [0.2, 0.25) is 0 Å². The van der Waals surface area contributed by atoms with Gasteiger partial charge in [-0.15, -0.1) is 0 Å². The topological polar surface area (TPSA) is 149 Å². The van der Waals surface area contributed by atoms with Crippen LogP contribution in [-0.4, -0.2) is 65.7 Å². The standard InChI is InChI=1S/C42H71O10P/c1-3-5-7-9-11-13-15-16-17-18-19-20-21-22-24-25-27-29-31-33-41(45)49-37-40(38-51-53(47,48)50-36-39(44)35-43)52-42(46)34-32-30-28-26-23-14-12-10-8-6-4-2/h10-13,16-17,19-20,22,24,27,29,39-40,43-44H,3-9,14-15,18,21,23,25-26,28,30-38H2,1-2H3,(H,47,48)/b12-10+,13-11+,17-16+,20-19+,24-22+,29-27+/t39-,40+/m1/s1. The molecule has 3 atom stereocenters. The minimum atomic E-state index is -4.63. The minimum Gasteiger partial charge on any atom is -0.462 e. The van der Waals surface area contributed by atoms with Crippen LogP contribution in [0, 0.1) is 0 Å². The second kappa shape index (κ2) is 37.7. The van der Waals surface area contributed by atoms with Gasteiger partial charge in [-0.05, 0) is 70.6 Å². The lowest BCUT2D eigenvalue weighted by atomic mass is 10.1. The van der Waals surface area contributed by atoms with Crippen molar-refractivity contribution >= 4 is 19.8 Å². The van der Waals surface area contributed by atoms with Gasteiger partial charge in [0.25, 0.3) is 0 Å². The van der Waals surface area contributed by atoms with E-state index in [9.17, 15) is 24.2 Å². The molecule has 0 heterocycles. The highest BCUT2D eigenvalue weighted by molar-refractivity contribution is 7.47. The number of carbonyl (C=O) groups excluding carboxylic acids is 2. The fourth-order valence-electron chi connectivity index (χ4n) is 4.72. The second-order valence-electron chi connectivity index (χ2n) is 12.9. The normalized spacial score (nSPS) is 14.7. The molecule has 0 aliphatic rings. The van der Waals surface area contributed by atoms with Crippen molar-refractivity contribution < 1.29 is 47.8 Å². The van der Waals surface area contributed by atoms with Crippen LogP contribution in [0.15, 0.2) is 72.9 Å². The molecule has 0 radical (unpaired) electrons. The molecule has 0 fully saturated rings. The Hall–Kier alpha value is -2.59. The van der Waals surface area contributed by atoms with Crippen molar-refractivity contribution in [3.63, 3.8) is 0 Å². The van der Waals surface area contributed by atoms with Crippen LogP contribution in [0.25, 0.3) is 0 Å². The molecule has 0 saturated heterocycles. The SMILES string of the molecule is CCCC/C=C/CCCCCCCC(=O)O[C@@H](COC(=O)CC/C=C/C/C=C/C/C=C/C/C=C/C/C=C/CCCCC)COP(=O)(O)OC[C@H](O)CO. The zero-order chi connectivity index (χ0) is 39.1. The summed E-state index contributed by atoms with van der Waals surface area (Å²) in [4.78, 5) is 34.8. The highest BCUT2D eigenvalue weighted by atomic mass is 31.2. The smallest absolute Gasteiger partial charge is 0.462 e. The average molecular weight is 767 g/mol. The lowest BCUT2D eigenvalue weighted by molar-refractivity contribution is -0.161. The summed E-state index contributed by atoms with van der Waals surface area (Å²) in [5.74, 6) is -1.04. The summed E-state index contributed by atoms with van der Waals surface area (Å²) in [6, 6.07) is 0. The summed E-state index contributed by atoms with van der Waals surface area (Å²) < 4.78 is 32.5. The van der Waals surface area contributed by atoms with E-state index in [0.717, 1.165) is 64.2 Å². The first kappa shape index (κ1) is 50.4. The molecule has 0 aliphatic heterocycles. The maximum Gasteiger partial charge on any atom is 0.472 e. The summed E-state index contributed by atoms with van der Waals surface area (Å²) >= 11 is 0. The number of phosphoric acid groups is 1. The molecule has 0 spiro atoms. The molecule has 0 amide bonds. The number of aliphatic hydroxyl groups excluding tert-OH is 2. The Morgan fingerprint density at radius 2 is 1.04 bits per heavy atom. The Morgan fingerprint density at radius 1 is 0.566 bits per heavy atom. The van der Waals surface area contributed by atoms with E-state index in [1.54, 1.807) is 0 Å². The van der Waals surface area contributed by atoms with E-state index < -0.39 is 51.8 Å². The van der Waals surface area contributed by atoms with Crippen molar-refractivity contribution in [3.05, 3.63) is 72.9 Å². The van der Waals surface area contributed by atoms with Gasteiger partial charge in [-0.25, -0.2) is 4.57 Å². The van der Waals surface area contributed by atoms with E-state index in [-0.39, 0.29) is 19.4 Å². The van der Waals surface area contributed by atoms with Gasteiger partial charge in [-0.1, -0.05) is 132 Å². The molecule has 11 heteroatoms. The molecular weight excluding hydrogens is 695 g/mol. The first-order chi connectivity index (χ1) is 25.7. The Balaban J connectivity index is 4.47. The van der Waals surface area contributed by atoms with Crippen LogP contribution >= 0.6 is 7.82 Å². The van der Waals surface area contributed by atoms with Crippen LogP contribution in [0.4, 0.5) is 0 Å². The first-order valence-electron chi connectivity index (χ1n) is 19.9. The highest BCUT2D eigenvalue weighted by Crippen LogP contribution is 2.43. The van der Waals surface area contributed by atoms with Crippen molar-refractivity contribution in [2.45, 2.75) is 154 Å². The fraction of sp³-hybridized carbons (Fsp3) is 0.667. The third-order valence-electron chi connectivity index (χ3n) is 7.85. The average Bonchev–Trinajstić information content (AvgIpc) is 3.14. The number of phosphoric ester groups is 1. The van der Waals surface area contributed by atoms with Crippen molar-refractivity contribution in [2.75, 3.05) is 26.4 Å². The van der Waals surface area contributed by atoms with Crippen LogP contribution in [0.3, 0.4) is 0 Å². The maximum absolute atomic E-state index is 12.5. The van der Waals surface area contributed by atoms with Crippen molar-refractivity contribution in [1.82, 2.24) is 0 Å². The van der Waals surface area contributed by atoms with Gasteiger partial charge in [-0.3, -0.25) is 18.6 Å². The number of carbonyl (C=O) groups is 2. The van der Waals surface area contributed by atoms with Gasteiger partial charge in [0, 0.05) is 12.8 Å². The number of aliphatic hydroxyl groups is 2. The van der Waals surface area contributed by atoms with Crippen molar-refractivity contribution in [1.29, 1.82) is 0 Å². The molecule has 10 nitrogen and oxygen atoms in total. The van der Waals surface area contributed by atoms with Crippen molar-refractivity contribution in [3.8, 4) is 0 Å². The molecule has 1 unspecified atom stereocenters. The monoisotopic (exact) mass is 766 g/mol. The van der Waals surface area contributed by atoms with E-state index in [2.05, 4.69) is 79.1 Å². The van der Waals surface area contributed by atoms with Crippen LogP contribution in [0.5, 0.6) is 0 Å². The third-order valence-corrected chi connectivity index (χ3v) is 8.80. The number of esters is 2. The second-order valence-corrected chi connectivity index (χ2v) is 14.4. The molecule has 53 heavy (non-hydrogen) atoms.